The van der Waals surface area contributed by atoms with Gasteiger partial charge in [0, 0.05) is 32.5 Å². The van der Waals surface area contributed by atoms with Crippen molar-refractivity contribution in [2.75, 3.05) is 13.2 Å². The number of benzene rings is 2. The second-order valence-corrected chi connectivity index (χ2v) is 9.02. The number of carbonyl (C=O) groups is 4. The minimum absolute atomic E-state index is 0.0926. The van der Waals surface area contributed by atoms with Crippen LogP contribution in [0.1, 0.15) is 36.8 Å². The van der Waals surface area contributed by atoms with Crippen LogP contribution in [0.3, 0.4) is 0 Å². The molecule has 184 valence electrons. The molecule has 2 fully saturated rings. The van der Waals surface area contributed by atoms with Gasteiger partial charge >= 0.3 is 0 Å². The molecule has 8 heteroatoms. The number of nitrogens with zero attached hydrogens (tertiary/aromatic N) is 1. The summed E-state index contributed by atoms with van der Waals surface area (Å²) in [4.78, 5) is 53.1. The maximum atomic E-state index is 13.3. The molecule has 2 aliphatic heterocycles. The zero-order valence-corrected chi connectivity index (χ0v) is 19.7. The van der Waals surface area contributed by atoms with Crippen LogP contribution in [-0.4, -0.2) is 59.7 Å². The SMILES string of the molecule is O=C(NCC1CCCO1)C(=O)C(Cc1ccccc1)NC(=O)C1CCC(=O)N1Cc1ccccc1. The molecule has 2 saturated heterocycles. The fraction of sp³-hybridized carbons (Fsp3) is 0.407. The van der Waals surface area contributed by atoms with E-state index in [-0.39, 0.29) is 31.4 Å². The summed E-state index contributed by atoms with van der Waals surface area (Å²) in [7, 11) is 0. The molecule has 0 saturated carbocycles. The zero-order chi connectivity index (χ0) is 24.6. The first-order valence-electron chi connectivity index (χ1n) is 12.1. The van der Waals surface area contributed by atoms with Crippen molar-refractivity contribution in [1.29, 1.82) is 0 Å². The summed E-state index contributed by atoms with van der Waals surface area (Å²) in [6.07, 6.45) is 2.49. The number of ether oxygens (including phenoxy) is 1. The molecule has 3 amide bonds. The standard InChI is InChI=1S/C27H31N3O5/c31-24-14-13-23(30(24)18-20-10-5-2-6-11-20)26(33)29-22(16-19-8-3-1-4-9-19)25(32)27(34)28-17-21-12-7-15-35-21/h1-6,8-11,21-23H,7,12-18H2,(H,28,34)(H,29,33). The van der Waals surface area contributed by atoms with Gasteiger partial charge in [-0.3, -0.25) is 19.2 Å². The molecule has 4 rings (SSSR count). The van der Waals surface area contributed by atoms with Crippen molar-refractivity contribution < 1.29 is 23.9 Å². The largest absolute Gasteiger partial charge is 0.376 e. The van der Waals surface area contributed by atoms with E-state index in [0.717, 1.165) is 24.0 Å². The van der Waals surface area contributed by atoms with Gasteiger partial charge in [-0.05, 0) is 30.4 Å². The summed E-state index contributed by atoms with van der Waals surface area (Å²) >= 11 is 0. The Balaban J connectivity index is 1.45. The Morgan fingerprint density at radius 1 is 0.971 bits per heavy atom. The highest BCUT2D eigenvalue weighted by atomic mass is 16.5. The number of Topliss-reactive ketones (excluding diaryl/α,β-unsaturated/α-hetero) is 1. The van der Waals surface area contributed by atoms with Crippen molar-refractivity contribution in [3.05, 3.63) is 71.8 Å². The quantitative estimate of drug-likeness (QED) is 0.508. The predicted octanol–water partition coefficient (Wildman–Crippen LogP) is 1.77. The molecule has 2 aliphatic rings. The third-order valence-electron chi connectivity index (χ3n) is 6.48. The van der Waals surface area contributed by atoms with Crippen LogP contribution in [0.25, 0.3) is 0 Å². The molecule has 2 N–H and O–H groups in total. The van der Waals surface area contributed by atoms with Crippen molar-refractivity contribution in [1.82, 2.24) is 15.5 Å². The highest BCUT2D eigenvalue weighted by Gasteiger charge is 2.38. The zero-order valence-electron chi connectivity index (χ0n) is 19.7. The molecular formula is C27H31N3O5. The minimum atomic E-state index is -1.04. The van der Waals surface area contributed by atoms with Crippen LogP contribution in [0.5, 0.6) is 0 Å². The highest BCUT2D eigenvalue weighted by molar-refractivity contribution is 6.38. The molecule has 35 heavy (non-hydrogen) atoms. The van der Waals surface area contributed by atoms with Crippen LogP contribution in [0.4, 0.5) is 0 Å². The van der Waals surface area contributed by atoms with E-state index in [9.17, 15) is 19.2 Å². The number of amides is 3. The summed E-state index contributed by atoms with van der Waals surface area (Å²) in [5.41, 5.74) is 1.74. The average molecular weight is 478 g/mol. The normalized spacial score (nSPS) is 20.5. The van der Waals surface area contributed by atoms with Crippen LogP contribution in [0.2, 0.25) is 0 Å². The predicted molar refractivity (Wildman–Crippen MR) is 129 cm³/mol. The van der Waals surface area contributed by atoms with Gasteiger partial charge < -0.3 is 20.3 Å². The first-order chi connectivity index (χ1) is 17.0. The fourth-order valence-electron chi connectivity index (χ4n) is 4.57. The molecule has 2 aromatic rings. The Morgan fingerprint density at radius 2 is 1.66 bits per heavy atom. The molecule has 0 bridgehead atoms. The molecule has 2 heterocycles. The van der Waals surface area contributed by atoms with E-state index in [1.165, 1.54) is 0 Å². The second kappa shape index (κ2) is 11.8. The smallest absolute Gasteiger partial charge is 0.289 e. The summed E-state index contributed by atoms with van der Waals surface area (Å²) in [6, 6.07) is 17.0. The van der Waals surface area contributed by atoms with Gasteiger partial charge in [0.15, 0.2) is 0 Å². The van der Waals surface area contributed by atoms with Crippen molar-refractivity contribution in [2.24, 2.45) is 0 Å². The molecule has 0 aliphatic carbocycles. The molecule has 3 unspecified atom stereocenters. The number of likely N-dealkylation sites (tertiary alicyclic amines) is 1. The number of nitrogens with one attached hydrogen (secondary N) is 2. The van der Waals surface area contributed by atoms with Crippen molar-refractivity contribution in [3.63, 3.8) is 0 Å². The number of hydrogen-bond acceptors (Lipinski definition) is 5. The summed E-state index contributed by atoms with van der Waals surface area (Å²) in [5.74, 6) is -1.98. The lowest BCUT2D eigenvalue weighted by Crippen LogP contribution is -2.54. The van der Waals surface area contributed by atoms with Crippen LogP contribution in [-0.2, 0) is 36.9 Å². The van der Waals surface area contributed by atoms with Gasteiger partial charge in [0.05, 0.1) is 6.10 Å². The van der Waals surface area contributed by atoms with Gasteiger partial charge in [0.1, 0.15) is 12.1 Å². The maximum absolute atomic E-state index is 13.3. The Labute approximate surface area is 205 Å². The Bertz CT molecular complexity index is 1040. The lowest BCUT2D eigenvalue weighted by molar-refractivity contribution is -0.141. The fourth-order valence-corrected chi connectivity index (χ4v) is 4.57. The van der Waals surface area contributed by atoms with E-state index in [4.69, 9.17) is 4.74 Å². The lowest BCUT2D eigenvalue weighted by atomic mass is 10.0. The van der Waals surface area contributed by atoms with Gasteiger partial charge in [-0.25, -0.2) is 0 Å². The number of carbonyl (C=O) groups excluding carboxylic acids is 4. The molecule has 0 radical (unpaired) electrons. The van der Waals surface area contributed by atoms with E-state index >= 15 is 0 Å². The van der Waals surface area contributed by atoms with Crippen LogP contribution in [0, 0.1) is 0 Å². The number of rotatable bonds is 10. The van der Waals surface area contributed by atoms with E-state index in [2.05, 4.69) is 10.6 Å². The highest BCUT2D eigenvalue weighted by Crippen LogP contribution is 2.22. The van der Waals surface area contributed by atoms with Gasteiger partial charge in [-0.2, -0.15) is 0 Å². The summed E-state index contributed by atoms with van der Waals surface area (Å²) < 4.78 is 5.51. The Kier molecular flexibility index (Phi) is 8.26. The summed E-state index contributed by atoms with van der Waals surface area (Å²) in [5, 5.41) is 5.43. The molecule has 0 spiro atoms. The molecule has 0 aromatic heterocycles. The number of hydrogen-bond donors (Lipinski definition) is 2. The van der Waals surface area contributed by atoms with E-state index < -0.39 is 29.7 Å². The maximum Gasteiger partial charge on any atom is 0.289 e. The van der Waals surface area contributed by atoms with E-state index in [0.29, 0.717) is 19.6 Å². The van der Waals surface area contributed by atoms with Crippen LogP contribution >= 0.6 is 0 Å². The van der Waals surface area contributed by atoms with E-state index in [1.807, 2.05) is 60.7 Å². The van der Waals surface area contributed by atoms with Gasteiger partial charge in [0.2, 0.25) is 17.6 Å². The van der Waals surface area contributed by atoms with Gasteiger partial charge in [0.25, 0.3) is 5.91 Å². The molecule has 2 aromatic carbocycles. The van der Waals surface area contributed by atoms with Crippen LogP contribution in [0.15, 0.2) is 60.7 Å². The van der Waals surface area contributed by atoms with Crippen molar-refractivity contribution in [2.45, 2.75) is 56.8 Å². The van der Waals surface area contributed by atoms with Crippen molar-refractivity contribution >= 4 is 23.5 Å². The lowest BCUT2D eigenvalue weighted by Gasteiger charge is -2.26. The number of ketones is 1. The first kappa shape index (κ1) is 24.6. The topological polar surface area (TPSA) is 105 Å². The Hall–Kier alpha value is -3.52. The van der Waals surface area contributed by atoms with Crippen LogP contribution < -0.4 is 10.6 Å². The van der Waals surface area contributed by atoms with Gasteiger partial charge in [-0.15, -0.1) is 0 Å². The molecule has 8 nitrogen and oxygen atoms in total. The molecule has 3 atom stereocenters. The first-order valence-corrected chi connectivity index (χ1v) is 12.1. The average Bonchev–Trinajstić information content (AvgIpc) is 3.53. The molecular weight excluding hydrogens is 446 g/mol. The summed E-state index contributed by atoms with van der Waals surface area (Å²) in [6.45, 7) is 1.23. The monoisotopic (exact) mass is 477 g/mol. The van der Waals surface area contributed by atoms with Crippen molar-refractivity contribution in [3.8, 4) is 0 Å². The second-order valence-electron chi connectivity index (χ2n) is 9.02. The third-order valence-corrected chi connectivity index (χ3v) is 6.48. The van der Waals surface area contributed by atoms with E-state index in [1.54, 1.807) is 4.90 Å². The third kappa shape index (κ3) is 6.54. The minimum Gasteiger partial charge on any atom is -0.376 e. The van der Waals surface area contributed by atoms with Gasteiger partial charge in [-0.1, -0.05) is 60.7 Å². The Morgan fingerprint density at radius 3 is 2.31 bits per heavy atom.